The summed E-state index contributed by atoms with van der Waals surface area (Å²) >= 11 is 0. The van der Waals surface area contributed by atoms with Gasteiger partial charge in [0, 0.05) is 25.4 Å². The Morgan fingerprint density at radius 2 is 2.03 bits per heavy atom. The third kappa shape index (κ3) is 3.80. The summed E-state index contributed by atoms with van der Waals surface area (Å²) in [6.45, 7) is 9.85. The predicted octanol–water partition coefficient (Wildman–Crippen LogP) is 2.17. The van der Waals surface area contributed by atoms with E-state index in [2.05, 4.69) is 6.58 Å². The monoisotopic (exact) mass is 500 g/mol. The molecule has 36 heavy (non-hydrogen) atoms. The third-order valence-electron chi connectivity index (χ3n) is 8.11. The summed E-state index contributed by atoms with van der Waals surface area (Å²) < 4.78 is 17.3. The maximum atomic E-state index is 14.3. The molecule has 1 aromatic carbocycles. The Balaban J connectivity index is 1.80. The molecule has 0 radical (unpaired) electrons. The van der Waals surface area contributed by atoms with Crippen molar-refractivity contribution in [1.29, 1.82) is 0 Å². The second-order valence-corrected chi connectivity index (χ2v) is 10.0. The van der Waals surface area contributed by atoms with Gasteiger partial charge in [-0.25, -0.2) is 0 Å². The normalized spacial score (nSPS) is 32.4. The molecule has 9 heteroatoms. The molecule has 3 fully saturated rings. The number of carbonyl (C=O) groups excluding carboxylic acids is 3. The highest BCUT2D eigenvalue weighted by atomic mass is 16.6. The highest BCUT2D eigenvalue weighted by molar-refractivity contribution is 6.04. The maximum absolute atomic E-state index is 14.3. The summed E-state index contributed by atoms with van der Waals surface area (Å²) in [7, 11) is 1.57. The number of benzene rings is 1. The summed E-state index contributed by atoms with van der Waals surface area (Å²) in [6, 6.07) is 6.14. The van der Waals surface area contributed by atoms with Crippen LogP contribution in [0.2, 0.25) is 0 Å². The molecular weight excluding hydrogens is 464 g/mol. The van der Waals surface area contributed by atoms with Crippen LogP contribution in [0.25, 0.3) is 0 Å². The molecule has 9 nitrogen and oxygen atoms in total. The quantitative estimate of drug-likeness (QED) is 0.388. The van der Waals surface area contributed by atoms with Gasteiger partial charge in [0.1, 0.15) is 23.3 Å². The van der Waals surface area contributed by atoms with E-state index in [1.165, 1.54) is 4.90 Å². The standard InChI is InChI=1S/C27H36N2O7/c1-6-13-28(18-9-11-19(34-5)12-10-18)24(32)22-27-16-17(3)26(4,36-27)21(25(33)35-7-2)20(27)23(31)29(22)14-8-15-30/h6,9-12,17,20-22,30H,1,7-8,13-16H2,2-5H3/t17?,20-,21-,22?,26+,27?/m0/s1. The van der Waals surface area contributed by atoms with E-state index >= 15 is 0 Å². The molecule has 196 valence electrons. The predicted molar refractivity (Wildman–Crippen MR) is 132 cm³/mol. The molecule has 3 aliphatic rings. The van der Waals surface area contributed by atoms with Crippen LogP contribution in [0.1, 0.15) is 33.6 Å². The van der Waals surface area contributed by atoms with E-state index in [9.17, 15) is 19.5 Å². The minimum atomic E-state index is -1.17. The minimum absolute atomic E-state index is 0.0714. The van der Waals surface area contributed by atoms with Crippen LogP contribution in [0.4, 0.5) is 5.69 Å². The summed E-state index contributed by atoms with van der Waals surface area (Å²) in [6.07, 6.45) is 2.40. The number of aliphatic hydroxyl groups is 1. The van der Waals surface area contributed by atoms with E-state index in [-0.39, 0.29) is 44.0 Å². The average molecular weight is 501 g/mol. The molecule has 0 aliphatic carbocycles. The molecule has 3 saturated heterocycles. The Morgan fingerprint density at radius 1 is 1.33 bits per heavy atom. The second-order valence-electron chi connectivity index (χ2n) is 10.0. The second kappa shape index (κ2) is 9.86. The Bertz CT molecular complexity index is 1030. The van der Waals surface area contributed by atoms with Crippen LogP contribution in [0.15, 0.2) is 36.9 Å². The number of methoxy groups -OCH3 is 1. The van der Waals surface area contributed by atoms with E-state index in [4.69, 9.17) is 14.2 Å². The van der Waals surface area contributed by atoms with E-state index < -0.39 is 35.0 Å². The fourth-order valence-corrected chi connectivity index (χ4v) is 6.45. The Morgan fingerprint density at radius 3 is 2.61 bits per heavy atom. The smallest absolute Gasteiger partial charge is 0.312 e. The maximum Gasteiger partial charge on any atom is 0.312 e. The highest BCUT2D eigenvalue weighted by Crippen LogP contribution is 2.65. The number of rotatable bonds is 10. The van der Waals surface area contributed by atoms with Crippen LogP contribution in [0.5, 0.6) is 5.75 Å². The van der Waals surface area contributed by atoms with Crippen LogP contribution < -0.4 is 9.64 Å². The van der Waals surface area contributed by atoms with Gasteiger partial charge in [0.2, 0.25) is 5.91 Å². The van der Waals surface area contributed by atoms with E-state index in [1.807, 2.05) is 13.8 Å². The number of hydrogen-bond donors (Lipinski definition) is 1. The molecule has 3 aliphatic heterocycles. The van der Waals surface area contributed by atoms with Crippen molar-refractivity contribution in [2.75, 3.05) is 38.3 Å². The van der Waals surface area contributed by atoms with Crippen molar-refractivity contribution in [3.05, 3.63) is 36.9 Å². The lowest BCUT2D eigenvalue weighted by molar-refractivity contribution is -0.161. The Labute approximate surface area is 212 Å². The summed E-state index contributed by atoms with van der Waals surface area (Å²) in [5.74, 6) is -2.14. The van der Waals surface area contributed by atoms with Gasteiger partial charge >= 0.3 is 5.97 Å². The third-order valence-corrected chi connectivity index (χ3v) is 8.11. The van der Waals surface area contributed by atoms with Crippen LogP contribution in [-0.2, 0) is 23.9 Å². The molecule has 3 unspecified atom stereocenters. The topological polar surface area (TPSA) is 106 Å². The molecule has 1 spiro atoms. The number of fused-ring (bicyclic) bond motifs is 1. The van der Waals surface area contributed by atoms with Gasteiger partial charge < -0.3 is 29.1 Å². The number of aliphatic hydroxyl groups excluding tert-OH is 1. The van der Waals surface area contributed by atoms with E-state index in [0.717, 1.165) is 0 Å². The molecular formula is C27H36N2O7. The molecule has 1 N–H and O–H groups in total. The van der Waals surface area contributed by atoms with Crippen molar-refractivity contribution < 1.29 is 33.7 Å². The van der Waals surface area contributed by atoms with Gasteiger partial charge in [-0.3, -0.25) is 14.4 Å². The van der Waals surface area contributed by atoms with Crippen LogP contribution >= 0.6 is 0 Å². The molecule has 4 rings (SSSR count). The average Bonchev–Trinajstić information content (AvgIpc) is 3.37. The van der Waals surface area contributed by atoms with Gasteiger partial charge in [-0.1, -0.05) is 13.0 Å². The number of hydrogen-bond acceptors (Lipinski definition) is 7. The van der Waals surface area contributed by atoms with Crippen molar-refractivity contribution in [2.45, 2.75) is 50.9 Å². The van der Waals surface area contributed by atoms with Crippen LogP contribution in [0.3, 0.4) is 0 Å². The summed E-state index contributed by atoms with van der Waals surface area (Å²) in [5, 5.41) is 9.52. The summed E-state index contributed by atoms with van der Waals surface area (Å²) in [4.78, 5) is 44.5. The van der Waals surface area contributed by atoms with Crippen molar-refractivity contribution in [3.8, 4) is 5.75 Å². The zero-order valence-corrected chi connectivity index (χ0v) is 21.4. The number of esters is 1. The first-order valence-corrected chi connectivity index (χ1v) is 12.5. The van der Waals surface area contributed by atoms with Gasteiger partial charge in [-0.2, -0.15) is 0 Å². The minimum Gasteiger partial charge on any atom is -0.497 e. The number of carbonyl (C=O) groups is 3. The van der Waals surface area contributed by atoms with E-state index in [0.29, 0.717) is 24.3 Å². The largest absolute Gasteiger partial charge is 0.497 e. The van der Waals surface area contributed by atoms with Gasteiger partial charge in [0.25, 0.3) is 5.91 Å². The fourth-order valence-electron chi connectivity index (χ4n) is 6.45. The molecule has 3 heterocycles. The number of amides is 2. The number of ether oxygens (including phenoxy) is 3. The first-order valence-electron chi connectivity index (χ1n) is 12.5. The molecule has 6 atom stereocenters. The number of anilines is 1. The van der Waals surface area contributed by atoms with Crippen LogP contribution in [0, 0.1) is 17.8 Å². The highest BCUT2D eigenvalue weighted by Gasteiger charge is 2.80. The van der Waals surface area contributed by atoms with E-state index in [1.54, 1.807) is 49.3 Å². The first kappa shape index (κ1) is 26.2. The lowest BCUT2D eigenvalue weighted by Crippen LogP contribution is -2.57. The molecule has 0 aromatic heterocycles. The Hall–Kier alpha value is -2.91. The van der Waals surface area contributed by atoms with Crippen molar-refractivity contribution in [2.24, 2.45) is 17.8 Å². The lowest BCUT2D eigenvalue weighted by atomic mass is 9.62. The van der Waals surface area contributed by atoms with Gasteiger partial charge in [-0.05, 0) is 56.9 Å². The van der Waals surface area contributed by atoms with Crippen molar-refractivity contribution in [1.82, 2.24) is 4.90 Å². The lowest BCUT2D eigenvalue weighted by Gasteiger charge is -2.37. The van der Waals surface area contributed by atoms with Crippen molar-refractivity contribution >= 4 is 23.5 Å². The molecule has 2 bridgehead atoms. The number of nitrogens with zero attached hydrogens (tertiary/aromatic N) is 2. The van der Waals surface area contributed by atoms with Gasteiger partial charge in [-0.15, -0.1) is 6.58 Å². The van der Waals surface area contributed by atoms with Crippen molar-refractivity contribution in [3.63, 3.8) is 0 Å². The number of likely N-dealkylation sites (tertiary alicyclic amines) is 1. The Kier molecular flexibility index (Phi) is 7.16. The first-order chi connectivity index (χ1) is 17.2. The molecule has 0 saturated carbocycles. The van der Waals surface area contributed by atoms with Crippen LogP contribution in [-0.4, -0.2) is 78.4 Å². The zero-order chi connectivity index (χ0) is 26.3. The molecule has 2 amide bonds. The zero-order valence-electron chi connectivity index (χ0n) is 21.4. The molecule has 1 aromatic rings. The SMILES string of the molecule is C=CCN(C(=O)C1N(CCCO)C(=O)[C@@H]2[C@@H](C(=O)OCC)[C@]3(C)OC12CC3C)c1ccc(OC)cc1. The summed E-state index contributed by atoms with van der Waals surface area (Å²) in [5.41, 5.74) is -1.46. The fraction of sp³-hybridized carbons (Fsp3) is 0.593. The van der Waals surface area contributed by atoms with Gasteiger partial charge in [0.05, 0.1) is 25.2 Å². The van der Waals surface area contributed by atoms with Gasteiger partial charge in [0.15, 0.2) is 0 Å².